The van der Waals surface area contributed by atoms with E-state index in [9.17, 15) is 9.59 Å². The number of thioether (sulfide) groups is 1. The number of amides is 2. The van der Waals surface area contributed by atoms with Crippen molar-refractivity contribution in [3.05, 3.63) is 35.9 Å². The minimum Gasteiger partial charge on any atom is -0.493 e. The Kier molecular flexibility index (Phi) is 8.04. The zero-order chi connectivity index (χ0) is 24.1. The summed E-state index contributed by atoms with van der Waals surface area (Å²) >= 11 is 3.15. The quantitative estimate of drug-likeness (QED) is 0.429. The Morgan fingerprint density at radius 3 is 2.24 bits per heavy atom. The van der Waals surface area contributed by atoms with E-state index in [4.69, 9.17) is 14.2 Å². The van der Waals surface area contributed by atoms with Gasteiger partial charge >= 0.3 is 0 Å². The van der Waals surface area contributed by atoms with Crippen LogP contribution in [0.1, 0.15) is 24.2 Å². The van der Waals surface area contributed by atoms with Crippen molar-refractivity contribution in [3.63, 3.8) is 0 Å². The summed E-state index contributed by atoms with van der Waals surface area (Å²) in [5, 5.41) is 5.74. The zero-order valence-electron chi connectivity index (χ0n) is 19.3. The van der Waals surface area contributed by atoms with Gasteiger partial charge in [0.25, 0.3) is 5.91 Å². The van der Waals surface area contributed by atoms with Gasteiger partial charge in [-0.05, 0) is 42.5 Å². The number of anilines is 1. The van der Waals surface area contributed by atoms with E-state index in [1.165, 1.54) is 21.3 Å². The van der Waals surface area contributed by atoms with Gasteiger partial charge in [-0.25, -0.2) is 4.98 Å². The normalized spacial score (nSPS) is 11.8. The number of hydrogen-bond acceptors (Lipinski definition) is 8. The molecule has 1 heterocycles. The number of carbonyl (C=O) groups is 2. The second-order valence-corrected chi connectivity index (χ2v) is 9.55. The first-order valence-corrected chi connectivity index (χ1v) is 12.2. The van der Waals surface area contributed by atoms with E-state index in [0.717, 1.165) is 14.6 Å². The highest BCUT2D eigenvalue weighted by atomic mass is 32.2. The lowest BCUT2D eigenvalue weighted by atomic mass is 10.0. The van der Waals surface area contributed by atoms with Gasteiger partial charge in [0.05, 0.1) is 31.5 Å². The molecule has 0 unspecified atom stereocenters. The third-order valence-corrected chi connectivity index (χ3v) is 6.98. The maximum absolute atomic E-state index is 13.1. The molecule has 3 rings (SSSR count). The van der Waals surface area contributed by atoms with E-state index >= 15 is 0 Å². The van der Waals surface area contributed by atoms with Crippen molar-refractivity contribution in [2.75, 3.05) is 32.9 Å². The molecule has 0 bridgehead atoms. The predicted molar refractivity (Wildman–Crippen MR) is 132 cm³/mol. The zero-order valence-corrected chi connectivity index (χ0v) is 21.0. The van der Waals surface area contributed by atoms with E-state index in [2.05, 4.69) is 15.6 Å². The minimum absolute atomic E-state index is 0.147. The first-order chi connectivity index (χ1) is 15.8. The van der Waals surface area contributed by atoms with Crippen LogP contribution in [0.3, 0.4) is 0 Å². The molecule has 176 valence electrons. The van der Waals surface area contributed by atoms with Crippen molar-refractivity contribution < 1.29 is 23.8 Å². The van der Waals surface area contributed by atoms with Crippen LogP contribution >= 0.6 is 23.1 Å². The molecule has 33 heavy (non-hydrogen) atoms. The van der Waals surface area contributed by atoms with Crippen molar-refractivity contribution >= 4 is 50.8 Å². The lowest BCUT2D eigenvalue weighted by Crippen LogP contribution is -2.47. The first-order valence-electron chi connectivity index (χ1n) is 10.2. The van der Waals surface area contributed by atoms with Crippen molar-refractivity contribution in [2.45, 2.75) is 24.2 Å². The van der Waals surface area contributed by atoms with Crippen LogP contribution in [0.25, 0.3) is 10.2 Å². The third-order valence-electron chi connectivity index (χ3n) is 4.97. The molecule has 0 spiro atoms. The van der Waals surface area contributed by atoms with Crippen molar-refractivity contribution in [1.82, 2.24) is 10.3 Å². The fourth-order valence-electron chi connectivity index (χ4n) is 3.26. The molecule has 0 aliphatic rings. The number of thiazole rings is 1. The summed E-state index contributed by atoms with van der Waals surface area (Å²) in [6, 6.07) is 7.92. The Hall–Kier alpha value is -2.98. The summed E-state index contributed by atoms with van der Waals surface area (Å²) in [6.45, 7) is 3.74. The lowest BCUT2D eigenvalue weighted by Gasteiger charge is -2.22. The van der Waals surface area contributed by atoms with Gasteiger partial charge in [0, 0.05) is 11.3 Å². The van der Waals surface area contributed by atoms with E-state index in [0.29, 0.717) is 28.5 Å². The molecule has 1 aromatic heterocycles. The number of rotatable bonds is 9. The highest BCUT2D eigenvalue weighted by molar-refractivity contribution is 8.00. The standard InChI is InChI=1S/C23H27N3O5S2/c1-12(2)19(22(28)24-14-7-8-15-18(11-14)33-23(25-15)32-6)26-21(27)13-9-16(29-3)20(31-5)17(10-13)30-4/h7-12,19H,1-6H3,(H,24,28)(H,26,27)/t19-/m1/s1. The van der Waals surface area contributed by atoms with Gasteiger partial charge in [0.2, 0.25) is 11.7 Å². The molecule has 2 N–H and O–H groups in total. The number of nitrogens with zero attached hydrogens (tertiary/aromatic N) is 1. The molecule has 0 aliphatic carbocycles. The molecule has 0 saturated carbocycles. The SMILES string of the molecule is COc1cc(C(=O)N[C@@H](C(=O)Nc2ccc3nc(SC)sc3c2)C(C)C)cc(OC)c1OC. The van der Waals surface area contributed by atoms with Crippen molar-refractivity contribution in [1.29, 1.82) is 0 Å². The number of ether oxygens (including phenoxy) is 3. The minimum atomic E-state index is -0.754. The fraction of sp³-hybridized carbons (Fsp3) is 0.348. The fourth-order valence-corrected chi connectivity index (χ4v) is 4.79. The number of fused-ring (bicyclic) bond motifs is 1. The second kappa shape index (κ2) is 10.8. The van der Waals surface area contributed by atoms with Crippen LogP contribution in [0, 0.1) is 5.92 Å². The predicted octanol–water partition coefficient (Wildman–Crippen LogP) is 4.44. The van der Waals surface area contributed by atoms with Gasteiger partial charge < -0.3 is 24.8 Å². The number of aromatic nitrogens is 1. The van der Waals surface area contributed by atoms with Gasteiger partial charge in [0.1, 0.15) is 6.04 Å². The first kappa shape index (κ1) is 24.7. The number of carbonyl (C=O) groups excluding carboxylic acids is 2. The van der Waals surface area contributed by atoms with E-state index < -0.39 is 11.9 Å². The van der Waals surface area contributed by atoms with Crippen LogP contribution < -0.4 is 24.8 Å². The van der Waals surface area contributed by atoms with E-state index in [1.54, 1.807) is 35.2 Å². The molecule has 0 fully saturated rings. The maximum atomic E-state index is 13.1. The molecule has 1 atom stereocenters. The summed E-state index contributed by atoms with van der Waals surface area (Å²) < 4.78 is 17.9. The van der Waals surface area contributed by atoms with Gasteiger partial charge in [-0.3, -0.25) is 9.59 Å². The summed E-state index contributed by atoms with van der Waals surface area (Å²) in [6.07, 6.45) is 1.98. The Balaban J connectivity index is 1.80. The van der Waals surface area contributed by atoms with Crippen molar-refractivity contribution in [2.24, 2.45) is 5.92 Å². The van der Waals surface area contributed by atoms with Crippen LogP contribution in [0.4, 0.5) is 5.69 Å². The largest absolute Gasteiger partial charge is 0.493 e. The number of nitrogens with one attached hydrogen (secondary N) is 2. The van der Waals surface area contributed by atoms with Crippen LogP contribution in [0.2, 0.25) is 0 Å². The molecule has 10 heteroatoms. The second-order valence-electron chi connectivity index (χ2n) is 7.46. The van der Waals surface area contributed by atoms with Gasteiger partial charge in [0.15, 0.2) is 15.8 Å². The average molecular weight is 490 g/mol. The third kappa shape index (κ3) is 5.51. The molecule has 0 radical (unpaired) electrons. The van der Waals surface area contributed by atoms with E-state index in [-0.39, 0.29) is 11.8 Å². The summed E-state index contributed by atoms with van der Waals surface area (Å²) in [5.41, 5.74) is 1.83. The Bertz CT molecular complexity index is 1140. The Morgan fingerprint density at radius 1 is 1.03 bits per heavy atom. The molecule has 8 nitrogen and oxygen atoms in total. The molecule has 2 amide bonds. The summed E-state index contributed by atoms with van der Waals surface area (Å²) in [4.78, 5) is 30.6. The lowest BCUT2D eigenvalue weighted by molar-refractivity contribution is -0.118. The highest BCUT2D eigenvalue weighted by Gasteiger charge is 2.26. The topological polar surface area (TPSA) is 98.8 Å². The average Bonchev–Trinajstić information content (AvgIpc) is 3.23. The number of hydrogen-bond donors (Lipinski definition) is 2. The number of benzene rings is 2. The van der Waals surface area contributed by atoms with Gasteiger partial charge in [-0.2, -0.15) is 0 Å². The Labute approximate surface area is 201 Å². The van der Waals surface area contributed by atoms with Crippen LogP contribution in [-0.2, 0) is 4.79 Å². The summed E-state index contributed by atoms with van der Waals surface area (Å²) in [7, 11) is 4.45. The number of methoxy groups -OCH3 is 3. The van der Waals surface area contributed by atoms with Crippen LogP contribution in [0.15, 0.2) is 34.7 Å². The molecular formula is C23H27N3O5S2. The molecule has 2 aromatic carbocycles. The van der Waals surface area contributed by atoms with Crippen molar-refractivity contribution in [3.8, 4) is 17.2 Å². The molecular weight excluding hydrogens is 462 g/mol. The van der Waals surface area contributed by atoms with Gasteiger partial charge in [-0.1, -0.05) is 25.6 Å². The smallest absolute Gasteiger partial charge is 0.252 e. The molecule has 0 saturated heterocycles. The Morgan fingerprint density at radius 2 is 1.70 bits per heavy atom. The summed E-state index contributed by atoms with van der Waals surface area (Å²) in [5.74, 6) is 0.222. The monoisotopic (exact) mass is 489 g/mol. The highest BCUT2D eigenvalue weighted by Crippen LogP contribution is 2.38. The van der Waals surface area contributed by atoms with Crippen LogP contribution in [0.5, 0.6) is 17.2 Å². The van der Waals surface area contributed by atoms with Gasteiger partial charge in [-0.15, -0.1) is 11.3 Å². The molecule has 0 aliphatic heterocycles. The maximum Gasteiger partial charge on any atom is 0.252 e. The molecule has 3 aromatic rings. The van der Waals surface area contributed by atoms with E-state index in [1.807, 2.05) is 38.3 Å². The van der Waals surface area contributed by atoms with Crippen LogP contribution in [-0.4, -0.2) is 50.4 Å².